The van der Waals surface area contributed by atoms with E-state index in [0.717, 1.165) is 0 Å². The number of anilines is 2. The van der Waals surface area contributed by atoms with Crippen molar-refractivity contribution in [3.63, 3.8) is 0 Å². The van der Waals surface area contributed by atoms with Crippen LogP contribution in [-0.4, -0.2) is 58.0 Å². The number of aromatic amines is 1. The largest absolute Gasteiger partial charge is 0.447 e. The quantitative estimate of drug-likeness (QED) is 0.187. The van der Waals surface area contributed by atoms with Crippen molar-refractivity contribution in [3.8, 4) is 16.9 Å². The minimum absolute atomic E-state index is 0.0485. The number of ether oxygens (including phenoxy) is 2. The second-order valence-electron chi connectivity index (χ2n) is 10.7. The molecule has 3 amide bonds. The van der Waals surface area contributed by atoms with Crippen molar-refractivity contribution >= 4 is 40.9 Å². The number of H-pyrrole nitrogens is 1. The Hall–Kier alpha value is -4.75. The number of rotatable bonds is 7. The predicted octanol–water partition coefficient (Wildman–Crippen LogP) is 5.79. The molecule has 45 heavy (non-hydrogen) atoms. The van der Waals surface area contributed by atoms with Crippen molar-refractivity contribution in [2.45, 2.75) is 39.2 Å². The molecule has 0 fully saturated rings. The number of carbonyl (C=O) groups is 3. The standard InChI is InChI=1S/C31H33ClFN7O5/c1-17-6-4-8-23(38-30(42)21-15-35-40(18(21)2)26-9-5-7-22(32)27(26)33)28-34-16-25(37-28)20-11-10-19(14-24(20)39-29(17)41)36-31(43)45-13-12-44-3/h5,7,9-11,14-17,23H,4,6,8,12-13H2,1-3H3,(H,34,37)(H,36,43)(H,38,42)(H,39,41). The van der Waals surface area contributed by atoms with Gasteiger partial charge in [0.15, 0.2) is 5.82 Å². The normalized spacial score (nSPS) is 16.5. The van der Waals surface area contributed by atoms with Gasteiger partial charge in [-0.25, -0.2) is 18.9 Å². The van der Waals surface area contributed by atoms with E-state index < -0.39 is 23.9 Å². The second kappa shape index (κ2) is 13.9. The summed E-state index contributed by atoms with van der Waals surface area (Å²) in [6, 6.07) is 9.11. The number of nitrogens with zero attached hydrogens (tertiary/aromatic N) is 3. The van der Waals surface area contributed by atoms with Crippen LogP contribution < -0.4 is 16.0 Å². The maximum absolute atomic E-state index is 14.7. The van der Waals surface area contributed by atoms with Crippen LogP contribution in [0.5, 0.6) is 0 Å². The van der Waals surface area contributed by atoms with Gasteiger partial charge in [0.2, 0.25) is 5.91 Å². The van der Waals surface area contributed by atoms with Crippen LogP contribution in [0.15, 0.2) is 48.8 Å². The first-order valence-electron chi connectivity index (χ1n) is 14.4. The van der Waals surface area contributed by atoms with Gasteiger partial charge in [-0.3, -0.25) is 14.9 Å². The average molecular weight is 638 g/mol. The predicted molar refractivity (Wildman–Crippen MR) is 166 cm³/mol. The Morgan fingerprint density at radius 2 is 2.02 bits per heavy atom. The van der Waals surface area contributed by atoms with Gasteiger partial charge in [0.1, 0.15) is 18.1 Å². The summed E-state index contributed by atoms with van der Waals surface area (Å²) in [5.41, 5.74) is 2.86. The molecule has 2 atom stereocenters. The second-order valence-corrected chi connectivity index (χ2v) is 11.1. The maximum Gasteiger partial charge on any atom is 0.411 e. The number of hydrogen-bond donors (Lipinski definition) is 4. The molecular weight excluding hydrogens is 605 g/mol. The van der Waals surface area contributed by atoms with Crippen LogP contribution in [-0.2, 0) is 14.3 Å². The van der Waals surface area contributed by atoms with Crippen LogP contribution in [0.3, 0.4) is 0 Å². The number of aromatic nitrogens is 4. The third-order valence-corrected chi connectivity index (χ3v) is 7.84. The molecular formula is C31H33ClFN7O5. The Kier molecular flexibility index (Phi) is 9.79. The van der Waals surface area contributed by atoms with E-state index in [1.165, 1.54) is 30.1 Å². The Labute approximate surface area is 263 Å². The van der Waals surface area contributed by atoms with Crippen molar-refractivity contribution < 1.29 is 28.2 Å². The lowest BCUT2D eigenvalue weighted by Crippen LogP contribution is -2.30. The topological polar surface area (TPSA) is 152 Å². The lowest BCUT2D eigenvalue weighted by Gasteiger charge is -2.20. The maximum atomic E-state index is 14.7. The van der Waals surface area contributed by atoms with Crippen molar-refractivity contribution in [3.05, 3.63) is 76.7 Å². The van der Waals surface area contributed by atoms with E-state index in [9.17, 15) is 18.8 Å². The van der Waals surface area contributed by atoms with E-state index >= 15 is 0 Å². The molecule has 5 rings (SSSR count). The van der Waals surface area contributed by atoms with Gasteiger partial charge >= 0.3 is 6.09 Å². The van der Waals surface area contributed by atoms with Crippen LogP contribution in [0.2, 0.25) is 5.02 Å². The van der Waals surface area contributed by atoms with Crippen molar-refractivity contribution in [2.24, 2.45) is 5.92 Å². The van der Waals surface area contributed by atoms with Crippen LogP contribution in [0, 0.1) is 18.7 Å². The van der Waals surface area contributed by atoms with Crippen molar-refractivity contribution in [1.29, 1.82) is 0 Å². The Morgan fingerprint density at radius 1 is 1.20 bits per heavy atom. The van der Waals surface area contributed by atoms with Crippen molar-refractivity contribution in [2.75, 3.05) is 31.0 Å². The Balaban J connectivity index is 1.41. The molecule has 0 saturated heterocycles. The monoisotopic (exact) mass is 637 g/mol. The molecule has 0 saturated carbocycles. The molecule has 2 aromatic carbocycles. The number of halogens is 2. The van der Waals surface area contributed by atoms with Gasteiger partial charge in [0.25, 0.3) is 5.91 Å². The van der Waals surface area contributed by atoms with Crippen LogP contribution in [0.25, 0.3) is 16.9 Å². The van der Waals surface area contributed by atoms with E-state index in [1.54, 1.807) is 37.4 Å². The summed E-state index contributed by atoms with van der Waals surface area (Å²) in [4.78, 5) is 46.7. The summed E-state index contributed by atoms with van der Waals surface area (Å²) in [6.07, 6.45) is 4.10. The highest BCUT2D eigenvalue weighted by atomic mass is 35.5. The number of carbonyl (C=O) groups excluding carboxylic acids is 3. The van der Waals surface area contributed by atoms with Gasteiger partial charge in [0, 0.05) is 30.5 Å². The molecule has 0 spiro atoms. The number of hydrogen-bond acceptors (Lipinski definition) is 7. The summed E-state index contributed by atoms with van der Waals surface area (Å²) >= 11 is 5.95. The smallest absolute Gasteiger partial charge is 0.411 e. The zero-order valence-electron chi connectivity index (χ0n) is 24.9. The Morgan fingerprint density at radius 3 is 2.82 bits per heavy atom. The average Bonchev–Trinajstić information content (AvgIpc) is 3.65. The van der Waals surface area contributed by atoms with Gasteiger partial charge in [-0.15, -0.1) is 0 Å². The van der Waals surface area contributed by atoms with Gasteiger partial charge in [-0.1, -0.05) is 31.0 Å². The van der Waals surface area contributed by atoms with E-state index in [-0.39, 0.29) is 41.3 Å². The molecule has 236 valence electrons. The van der Waals surface area contributed by atoms with E-state index in [2.05, 4.69) is 26.0 Å². The summed E-state index contributed by atoms with van der Waals surface area (Å²) in [5, 5.41) is 12.8. The van der Waals surface area contributed by atoms with Gasteiger partial charge in [-0.2, -0.15) is 5.10 Å². The number of nitrogens with one attached hydrogen (secondary N) is 4. The molecule has 1 aliphatic rings. The summed E-state index contributed by atoms with van der Waals surface area (Å²) < 4.78 is 26.0. The zero-order chi connectivity index (χ0) is 32.1. The zero-order valence-corrected chi connectivity index (χ0v) is 25.7. The molecule has 2 bridgehead atoms. The van der Waals surface area contributed by atoms with Crippen LogP contribution >= 0.6 is 11.6 Å². The summed E-state index contributed by atoms with van der Waals surface area (Å²) in [5.74, 6) is -1.04. The fourth-order valence-electron chi connectivity index (χ4n) is 5.03. The molecule has 1 aliphatic heterocycles. The molecule has 12 nitrogen and oxygen atoms in total. The van der Waals surface area contributed by atoms with E-state index in [4.69, 9.17) is 26.1 Å². The SMILES string of the molecule is COCCOC(=O)Nc1ccc2c(c1)NC(=O)C(C)CCCC(NC(=O)c1cnn(-c3cccc(Cl)c3F)c1C)c1nc-2c[nH]1. The number of methoxy groups -OCH3 is 1. The third-order valence-electron chi connectivity index (χ3n) is 7.54. The minimum Gasteiger partial charge on any atom is -0.447 e. The number of amides is 3. The highest BCUT2D eigenvalue weighted by molar-refractivity contribution is 6.30. The fraction of sp³-hybridized carbons (Fsp3) is 0.323. The molecule has 0 aliphatic carbocycles. The highest BCUT2D eigenvalue weighted by Crippen LogP contribution is 2.33. The van der Waals surface area contributed by atoms with Crippen LogP contribution in [0.4, 0.5) is 20.6 Å². The van der Waals surface area contributed by atoms with Crippen LogP contribution in [0.1, 0.15) is 54.1 Å². The molecule has 2 unspecified atom stereocenters. The highest BCUT2D eigenvalue weighted by Gasteiger charge is 2.25. The summed E-state index contributed by atoms with van der Waals surface area (Å²) in [7, 11) is 1.51. The first-order valence-corrected chi connectivity index (χ1v) is 14.8. The van der Waals surface area contributed by atoms with E-state index in [0.29, 0.717) is 53.4 Å². The van der Waals surface area contributed by atoms with E-state index in [1.807, 2.05) is 6.92 Å². The summed E-state index contributed by atoms with van der Waals surface area (Å²) in [6.45, 7) is 3.87. The van der Waals surface area contributed by atoms with Gasteiger partial charge in [0.05, 0.1) is 46.5 Å². The number of imidazole rings is 1. The number of benzene rings is 2. The molecule has 4 aromatic rings. The lowest BCUT2D eigenvalue weighted by molar-refractivity contribution is -0.119. The van der Waals surface area contributed by atoms with Crippen molar-refractivity contribution in [1.82, 2.24) is 25.1 Å². The molecule has 14 heteroatoms. The van der Waals surface area contributed by atoms with Gasteiger partial charge in [-0.05, 0) is 50.1 Å². The molecule has 3 heterocycles. The fourth-order valence-corrected chi connectivity index (χ4v) is 5.20. The molecule has 0 radical (unpaired) electrons. The minimum atomic E-state index is -0.654. The van der Waals surface area contributed by atoms with Gasteiger partial charge < -0.3 is 25.1 Å². The lowest BCUT2D eigenvalue weighted by atomic mass is 9.99. The first-order chi connectivity index (χ1) is 21.7. The number of fused-ring (bicyclic) bond motifs is 4. The Bertz CT molecular complexity index is 1720. The first kappa shape index (κ1) is 31.7. The molecule has 2 aromatic heterocycles. The molecule has 4 N–H and O–H groups in total. The third kappa shape index (κ3) is 7.15.